The van der Waals surface area contributed by atoms with E-state index in [0.29, 0.717) is 19.5 Å². The molecule has 16 heavy (non-hydrogen) atoms. The Morgan fingerprint density at radius 2 is 2.25 bits per heavy atom. The summed E-state index contributed by atoms with van der Waals surface area (Å²) < 4.78 is 30.5. The second-order valence-corrected chi connectivity index (χ2v) is 4.51. The largest absolute Gasteiger partial charge is 0.469 e. The van der Waals surface area contributed by atoms with Crippen molar-refractivity contribution in [2.24, 2.45) is 11.3 Å². The highest BCUT2D eigenvalue weighted by molar-refractivity contribution is 5.77. The Morgan fingerprint density at radius 1 is 1.62 bits per heavy atom. The van der Waals surface area contributed by atoms with Gasteiger partial charge in [-0.1, -0.05) is 6.92 Å². The molecule has 0 aromatic rings. The number of nitrogens with zero attached hydrogens (tertiary/aromatic N) is 1. The highest BCUT2D eigenvalue weighted by Crippen LogP contribution is 2.40. The van der Waals surface area contributed by atoms with Gasteiger partial charge in [0, 0.05) is 12.5 Å². The van der Waals surface area contributed by atoms with E-state index in [1.54, 1.807) is 6.92 Å². The maximum atomic E-state index is 12.9. The van der Waals surface area contributed by atoms with Crippen LogP contribution in [0.1, 0.15) is 20.3 Å². The van der Waals surface area contributed by atoms with Crippen LogP contribution in [-0.4, -0.2) is 44.0 Å². The third-order valence-corrected chi connectivity index (χ3v) is 3.53. The summed E-state index contributed by atoms with van der Waals surface area (Å²) >= 11 is 0. The fourth-order valence-electron chi connectivity index (χ4n) is 2.42. The minimum Gasteiger partial charge on any atom is -0.469 e. The Morgan fingerprint density at radius 3 is 2.69 bits per heavy atom. The zero-order chi connectivity index (χ0) is 12.3. The number of ether oxygens (including phenoxy) is 1. The molecule has 2 atom stereocenters. The number of carbonyl (C=O) groups excluding carboxylic acids is 1. The van der Waals surface area contributed by atoms with Gasteiger partial charge in [-0.15, -0.1) is 0 Å². The molecule has 0 aliphatic carbocycles. The molecule has 0 bridgehead atoms. The molecule has 0 N–H and O–H groups in total. The second-order valence-electron chi connectivity index (χ2n) is 4.51. The van der Waals surface area contributed by atoms with E-state index in [9.17, 15) is 13.6 Å². The number of esters is 1. The van der Waals surface area contributed by atoms with Crippen molar-refractivity contribution in [1.82, 2.24) is 4.90 Å². The zero-order valence-electron chi connectivity index (χ0n) is 10.0. The van der Waals surface area contributed by atoms with Crippen LogP contribution in [0.3, 0.4) is 0 Å². The second kappa shape index (κ2) is 5.08. The van der Waals surface area contributed by atoms with Crippen molar-refractivity contribution >= 4 is 5.97 Å². The van der Waals surface area contributed by atoms with E-state index in [2.05, 4.69) is 4.74 Å². The molecule has 1 heterocycles. The molecule has 0 radical (unpaired) electrons. The van der Waals surface area contributed by atoms with Gasteiger partial charge in [-0.25, -0.2) is 8.78 Å². The summed E-state index contributed by atoms with van der Waals surface area (Å²) in [5, 5.41) is 0. The minimum atomic E-state index is -2.47. The van der Waals surface area contributed by atoms with Gasteiger partial charge in [0.05, 0.1) is 12.5 Å². The SMILES string of the molecule is CCN1CC[C@H](C(F)F)[C@](C)(C(=O)OC)C1. The zero-order valence-corrected chi connectivity index (χ0v) is 10.0. The van der Waals surface area contributed by atoms with E-state index in [0.717, 1.165) is 6.54 Å². The van der Waals surface area contributed by atoms with Crippen molar-refractivity contribution in [3.63, 3.8) is 0 Å². The molecule has 0 amide bonds. The topological polar surface area (TPSA) is 29.5 Å². The molecule has 1 saturated heterocycles. The minimum absolute atomic E-state index is 0.344. The van der Waals surface area contributed by atoms with Crippen molar-refractivity contribution in [2.75, 3.05) is 26.7 Å². The average molecular weight is 235 g/mol. The molecule has 0 unspecified atom stereocenters. The first-order valence-electron chi connectivity index (χ1n) is 5.54. The molecule has 0 aromatic heterocycles. The molecule has 5 heteroatoms. The number of halogens is 2. The molecule has 3 nitrogen and oxygen atoms in total. The van der Waals surface area contributed by atoms with Gasteiger partial charge in [-0.2, -0.15) is 0 Å². The summed E-state index contributed by atoms with van der Waals surface area (Å²) in [5.41, 5.74) is -1.09. The van der Waals surface area contributed by atoms with Crippen molar-refractivity contribution < 1.29 is 18.3 Å². The molecule has 1 aliphatic heterocycles. The summed E-state index contributed by atoms with van der Waals surface area (Å²) in [6, 6.07) is 0. The van der Waals surface area contributed by atoms with Gasteiger partial charge >= 0.3 is 5.97 Å². The van der Waals surface area contributed by atoms with E-state index < -0.39 is 23.7 Å². The van der Waals surface area contributed by atoms with Gasteiger partial charge < -0.3 is 9.64 Å². The van der Waals surface area contributed by atoms with E-state index >= 15 is 0 Å². The number of alkyl halides is 2. The fourth-order valence-corrected chi connectivity index (χ4v) is 2.42. The fraction of sp³-hybridized carbons (Fsp3) is 0.909. The van der Waals surface area contributed by atoms with Crippen LogP contribution in [0.15, 0.2) is 0 Å². The number of carbonyl (C=O) groups is 1. The van der Waals surface area contributed by atoms with Gasteiger partial charge in [-0.3, -0.25) is 4.79 Å². The van der Waals surface area contributed by atoms with Crippen LogP contribution >= 0.6 is 0 Å². The van der Waals surface area contributed by atoms with E-state index in [1.165, 1.54) is 7.11 Å². The van der Waals surface area contributed by atoms with Gasteiger partial charge in [0.25, 0.3) is 0 Å². The van der Waals surface area contributed by atoms with Gasteiger partial charge in [0.15, 0.2) is 0 Å². The molecule has 1 aliphatic rings. The Hall–Kier alpha value is -0.710. The highest BCUT2D eigenvalue weighted by Gasteiger charge is 2.50. The van der Waals surface area contributed by atoms with E-state index in [4.69, 9.17) is 0 Å². The average Bonchev–Trinajstić information content (AvgIpc) is 2.27. The number of piperidine rings is 1. The van der Waals surface area contributed by atoms with Crippen molar-refractivity contribution in [2.45, 2.75) is 26.7 Å². The molecular weight excluding hydrogens is 216 g/mol. The highest BCUT2D eigenvalue weighted by atomic mass is 19.3. The summed E-state index contributed by atoms with van der Waals surface area (Å²) in [4.78, 5) is 13.7. The normalized spacial score (nSPS) is 31.8. The summed E-state index contributed by atoms with van der Waals surface area (Å²) in [6.07, 6.45) is -2.12. The predicted octanol–water partition coefficient (Wildman–Crippen LogP) is 1.77. The van der Waals surface area contributed by atoms with E-state index in [1.807, 2.05) is 11.8 Å². The van der Waals surface area contributed by atoms with Gasteiger partial charge in [-0.05, 0) is 26.4 Å². The molecule has 0 aromatic carbocycles. The molecular formula is C11H19F2NO2. The van der Waals surface area contributed by atoms with Crippen LogP contribution in [0.25, 0.3) is 0 Å². The predicted molar refractivity (Wildman–Crippen MR) is 56.3 cm³/mol. The Labute approximate surface area is 94.7 Å². The van der Waals surface area contributed by atoms with Crippen LogP contribution in [0.5, 0.6) is 0 Å². The van der Waals surface area contributed by atoms with Crippen LogP contribution in [0.4, 0.5) is 8.78 Å². The van der Waals surface area contributed by atoms with Crippen molar-refractivity contribution in [1.29, 1.82) is 0 Å². The summed E-state index contributed by atoms with van der Waals surface area (Å²) in [6.45, 7) is 5.28. The van der Waals surface area contributed by atoms with Gasteiger partial charge in [0.2, 0.25) is 6.43 Å². The third-order valence-electron chi connectivity index (χ3n) is 3.53. The third kappa shape index (κ3) is 2.34. The Bertz CT molecular complexity index is 260. The summed E-state index contributed by atoms with van der Waals surface area (Å²) in [5.74, 6) is -1.43. The first kappa shape index (κ1) is 13.4. The number of likely N-dealkylation sites (tertiary alicyclic amines) is 1. The van der Waals surface area contributed by atoms with Gasteiger partial charge in [0.1, 0.15) is 0 Å². The first-order chi connectivity index (χ1) is 7.45. The first-order valence-corrected chi connectivity index (χ1v) is 5.54. The lowest BCUT2D eigenvalue weighted by Gasteiger charge is -2.43. The Balaban J connectivity index is 2.90. The number of hydrogen-bond donors (Lipinski definition) is 0. The van der Waals surface area contributed by atoms with Crippen LogP contribution in [-0.2, 0) is 9.53 Å². The van der Waals surface area contributed by atoms with Crippen LogP contribution in [0, 0.1) is 11.3 Å². The maximum absolute atomic E-state index is 12.9. The lowest BCUT2D eigenvalue weighted by molar-refractivity contribution is -0.166. The van der Waals surface area contributed by atoms with Crippen molar-refractivity contribution in [3.8, 4) is 0 Å². The molecule has 1 rings (SSSR count). The number of rotatable bonds is 3. The maximum Gasteiger partial charge on any atom is 0.313 e. The summed E-state index contributed by atoms with van der Waals surface area (Å²) in [7, 11) is 1.25. The smallest absolute Gasteiger partial charge is 0.313 e. The van der Waals surface area contributed by atoms with Crippen LogP contribution < -0.4 is 0 Å². The van der Waals surface area contributed by atoms with Crippen molar-refractivity contribution in [3.05, 3.63) is 0 Å². The molecule has 0 spiro atoms. The Kier molecular flexibility index (Phi) is 4.24. The van der Waals surface area contributed by atoms with E-state index in [-0.39, 0.29) is 0 Å². The standard InChI is InChI=1S/C11H19F2NO2/c1-4-14-6-5-8(9(12)13)11(2,7-14)10(15)16-3/h8-9H,4-7H2,1-3H3/t8-,11-/m1/s1. The molecule has 1 fully saturated rings. The monoisotopic (exact) mass is 235 g/mol. The molecule has 0 saturated carbocycles. The number of methoxy groups -OCH3 is 1. The van der Waals surface area contributed by atoms with Crippen LogP contribution in [0.2, 0.25) is 0 Å². The number of hydrogen-bond acceptors (Lipinski definition) is 3. The quantitative estimate of drug-likeness (QED) is 0.698. The lowest BCUT2D eigenvalue weighted by atomic mass is 9.72. The lowest BCUT2D eigenvalue weighted by Crippen LogP contribution is -2.53. The molecule has 94 valence electrons.